The molecule has 0 radical (unpaired) electrons. The molecule has 0 aromatic heterocycles. The molecule has 0 unspecified atom stereocenters. The summed E-state index contributed by atoms with van der Waals surface area (Å²) in [6, 6.07) is 14.5. The van der Waals surface area contributed by atoms with Crippen LogP contribution in [0.3, 0.4) is 0 Å². The van der Waals surface area contributed by atoms with E-state index in [1.54, 1.807) is 30.3 Å². The molecule has 2 aromatic carbocycles. The molecule has 2 N–H and O–H groups in total. The van der Waals surface area contributed by atoms with Crippen LogP contribution in [0, 0.1) is 6.92 Å². The molecule has 7 heteroatoms. The predicted molar refractivity (Wildman–Crippen MR) is 96.9 cm³/mol. The number of rotatable bonds is 6. The quantitative estimate of drug-likeness (QED) is 0.722. The molecule has 0 fully saturated rings. The Kier molecular flexibility index (Phi) is 6.97. The van der Waals surface area contributed by atoms with E-state index >= 15 is 0 Å². The Morgan fingerprint density at radius 1 is 1.12 bits per heavy atom. The average Bonchev–Trinajstić information content (AvgIpc) is 2.61. The Bertz CT molecular complexity index is 737. The highest BCUT2D eigenvalue weighted by Gasteiger charge is 2.20. The maximum Gasteiger partial charge on any atom is 0.276 e. The van der Waals surface area contributed by atoms with Crippen molar-refractivity contribution in [1.82, 2.24) is 10.9 Å². The molecule has 0 aliphatic heterocycles. The van der Waals surface area contributed by atoms with Crippen LogP contribution in [0.1, 0.15) is 17.2 Å². The highest BCUT2D eigenvalue weighted by atomic mass is 79.9. The lowest BCUT2D eigenvalue weighted by atomic mass is 10.1. The van der Waals surface area contributed by atoms with Crippen LogP contribution in [0.15, 0.2) is 53.0 Å². The third kappa shape index (κ3) is 5.58. The van der Waals surface area contributed by atoms with Crippen molar-refractivity contribution in [2.75, 3.05) is 13.7 Å². The molecule has 2 aromatic rings. The van der Waals surface area contributed by atoms with Crippen LogP contribution in [0.2, 0.25) is 0 Å². The zero-order chi connectivity index (χ0) is 18.2. The van der Waals surface area contributed by atoms with Crippen LogP contribution in [0.4, 0.5) is 0 Å². The summed E-state index contributed by atoms with van der Waals surface area (Å²) in [5.74, 6) is -0.409. The van der Waals surface area contributed by atoms with Gasteiger partial charge < -0.3 is 9.47 Å². The van der Waals surface area contributed by atoms with E-state index in [-0.39, 0.29) is 6.61 Å². The maximum atomic E-state index is 12.1. The molecular weight excluding hydrogens is 388 g/mol. The summed E-state index contributed by atoms with van der Waals surface area (Å²) in [5.41, 5.74) is 6.41. The third-order valence-corrected chi connectivity index (χ3v) is 3.97. The fourth-order valence-electron chi connectivity index (χ4n) is 2.12. The van der Waals surface area contributed by atoms with Gasteiger partial charge in [-0.2, -0.15) is 0 Å². The smallest absolute Gasteiger partial charge is 0.276 e. The Morgan fingerprint density at radius 2 is 1.84 bits per heavy atom. The van der Waals surface area contributed by atoms with Gasteiger partial charge in [-0.1, -0.05) is 36.4 Å². The summed E-state index contributed by atoms with van der Waals surface area (Å²) < 4.78 is 11.4. The molecule has 0 aliphatic rings. The van der Waals surface area contributed by atoms with Gasteiger partial charge in [-0.25, -0.2) is 0 Å². The molecule has 0 heterocycles. The second-order valence-corrected chi connectivity index (χ2v) is 6.14. The Balaban J connectivity index is 1.83. The molecule has 0 spiro atoms. The average molecular weight is 407 g/mol. The van der Waals surface area contributed by atoms with Crippen LogP contribution in [0.25, 0.3) is 0 Å². The Labute approximate surface area is 154 Å². The van der Waals surface area contributed by atoms with Crippen molar-refractivity contribution in [3.8, 4) is 5.75 Å². The zero-order valence-corrected chi connectivity index (χ0v) is 15.5. The number of nitrogens with one attached hydrogen (secondary N) is 2. The van der Waals surface area contributed by atoms with Crippen molar-refractivity contribution in [3.05, 3.63) is 64.1 Å². The number of ether oxygens (including phenoxy) is 2. The van der Waals surface area contributed by atoms with Gasteiger partial charge in [0.2, 0.25) is 0 Å². The molecular formula is C18H19BrN2O4. The van der Waals surface area contributed by atoms with Gasteiger partial charge >= 0.3 is 0 Å². The minimum Gasteiger partial charge on any atom is -0.483 e. The van der Waals surface area contributed by atoms with Gasteiger partial charge in [-0.05, 0) is 46.1 Å². The third-order valence-electron chi connectivity index (χ3n) is 3.35. The van der Waals surface area contributed by atoms with E-state index in [9.17, 15) is 9.59 Å². The number of hydrazine groups is 1. The molecule has 25 heavy (non-hydrogen) atoms. The SMILES string of the molecule is CO[C@@H](C(=O)NNC(=O)COc1ccc(C)cc1Br)c1ccccc1. The van der Waals surface area contributed by atoms with E-state index in [4.69, 9.17) is 9.47 Å². The number of methoxy groups -OCH3 is 1. The standard InChI is InChI=1S/C18H19BrN2O4/c1-12-8-9-15(14(19)10-12)25-11-16(22)20-21-18(23)17(24-2)13-6-4-3-5-7-13/h3-10,17H,11H2,1-2H3,(H,20,22)(H,21,23)/t17-/m1/s1. The minimum atomic E-state index is -0.811. The van der Waals surface area contributed by atoms with Crippen molar-refractivity contribution in [2.45, 2.75) is 13.0 Å². The number of amides is 2. The monoisotopic (exact) mass is 406 g/mol. The number of benzene rings is 2. The molecule has 6 nitrogen and oxygen atoms in total. The van der Waals surface area contributed by atoms with E-state index < -0.39 is 17.9 Å². The molecule has 1 atom stereocenters. The van der Waals surface area contributed by atoms with Gasteiger partial charge in [0.05, 0.1) is 4.47 Å². The first kappa shape index (κ1) is 19.0. The van der Waals surface area contributed by atoms with Crippen molar-refractivity contribution in [2.24, 2.45) is 0 Å². The predicted octanol–water partition coefficient (Wildman–Crippen LogP) is 2.67. The van der Waals surface area contributed by atoms with Crippen molar-refractivity contribution < 1.29 is 19.1 Å². The van der Waals surface area contributed by atoms with Gasteiger partial charge in [0.15, 0.2) is 12.7 Å². The molecule has 0 aliphatic carbocycles. The second-order valence-electron chi connectivity index (χ2n) is 5.29. The second kappa shape index (κ2) is 9.19. The number of hydrogen-bond acceptors (Lipinski definition) is 4. The van der Waals surface area contributed by atoms with E-state index in [2.05, 4.69) is 26.8 Å². The normalized spacial score (nSPS) is 11.5. The van der Waals surface area contributed by atoms with Crippen LogP contribution in [0.5, 0.6) is 5.75 Å². The Hall–Kier alpha value is -2.38. The van der Waals surface area contributed by atoms with Gasteiger partial charge in [-0.3, -0.25) is 20.4 Å². The lowest BCUT2D eigenvalue weighted by molar-refractivity contribution is -0.136. The van der Waals surface area contributed by atoms with Crippen LogP contribution in [-0.2, 0) is 14.3 Å². The molecule has 0 bridgehead atoms. The summed E-state index contributed by atoms with van der Waals surface area (Å²) >= 11 is 3.37. The van der Waals surface area contributed by atoms with Crippen molar-refractivity contribution >= 4 is 27.7 Å². The number of aryl methyl sites for hydroxylation is 1. The highest BCUT2D eigenvalue weighted by Crippen LogP contribution is 2.25. The van der Waals surface area contributed by atoms with Gasteiger partial charge in [0.1, 0.15) is 5.75 Å². The van der Waals surface area contributed by atoms with E-state index in [0.29, 0.717) is 11.3 Å². The molecule has 0 saturated heterocycles. The number of hydrogen-bond donors (Lipinski definition) is 2. The fourth-order valence-corrected chi connectivity index (χ4v) is 2.73. The van der Waals surface area contributed by atoms with Crippen LogP contribution >= 0.6 is 15.9 Å². The van der Waals surface area contributed by atoms with Gasteiger partial charge in [0, 0.05) is 7.11 Å². The number of carbonyl (C=O) groups excluding carboxylic acids is 2. The van der Waals surface area contributed by atoms with Crippen molar-refractivity contribution in [1.29, 1.82) is 0 Å². The summed E-state index contributed by atoms with van der Waals surface area (Å²) in [4.78, 5) is 24.0. The Morgan fingerprint density at radius 3 is 2.48 bits per heavy atom. The molecule has 2 amide bonds. The van der Waals surface area contributed by atoms with E-state index in [0.717, 1.165) is 10.0 Å². The summed E-state index contributed by atoms with van der Waals surface area (Å²) in [7, 11) is 1.43. The zero-order valence-electron chi connectivity index (χ0n) is 13.9. The summed E-state index contributed by atoms with van der Waals surface area (Å²) in [6.07, 6.45) is -0.811. The molecule has 0 saturated carbocycles. The number of carbonyl (C=O) groups is 2. The summed E-state index contributed by atoms with van der Waals surface area (Å²) in [6.45, 7) is 1.72. The van der Waals surface area contributed by atoms with E-state index in [1.165, 1.54) is 7.11 Å². The number of halogens is 1. The topological polar surface area (TPSA) is 76.7 Å². The lowest BCUT2D eigenvalue weighted by Crippen LogP contribution is -2.46. The molecule has 2 rings (SSSR count). The maximum absolute atomic E-state index is 12.1. The minimum absolute atomic E-state index is 0.231. The first-order chi connectivity index (χ1) is 12.0. The highest BCUT2D eigenvalue weighted by molar-refractivity contribution is 9.10. The summed E-state index contributed by atoms with van der Waals surface area (Å²) in [5, 5.41) is 0. The molecule has 132 valence electrons. The van der Waals surface area contributed by atoms with Gasteiger partial charge in [-0.15, -0.1) is 0 Å². The first-order valence-corrected chi connectivity index (χ1v) is 8.36. The van der Waals surface area contributed by atoms with Crippen LogP contribution < -0.4 is 15.6 Å². The van der Waals surface area contributed by atoms with Crippen molar-refractivity contribution in [3.63, 3.8) is 0 Å². The lowest BCUT2D eigenvalue weighted by Gasteiger charge is -2.16. The van der Waals surface area contributed by atoms with Gasteiger partial charge in [0.25, 0.3) is 11.8 Å². The largest absolute Gasteiger partial charge is 0.483 e. The fraction of sp³-hybridized carbons (Fsp3) is 0.222. The first-order valence-electron chi connectivity index (χ1n) is 7.56. The van der Waals surface area contributed by atoms with Crippen LogP contribution in [-0.4, -0.2) is 25.5 Å². The van der Waals surface area contributed by atoms with E-state index in [1.807, 2.05) is 25.1 Å².